The van der Waals surface area contributed by atoms with Crippen LogP contribution in [0.15, 0.2) is 79.3 Å². The second-order valence-electron chi connectivity index (χ2n) is 7.76. The molecule has 4 heterocycles. The predicted octanol–water partition coefficient (Wildman–Crippen LogP) is 5.98. The number of H-pyrrole nitrogens is 2. The summed E-state index contributed by atoms with van der Waals surface area (Å²) in [6, 6.07) is 18.4. The monoisotopic (exact) mass is 435 g/mol. The van der Waals surface area contributed by atoms with Gasteiger partial charge in [-0.1, -0.05) is 6.07 Å². The topological polar surface area (TPSA) is 79.5 Å². The van der Waals surface area contributed by atoms with E-state index in [1.165, 1.54) is 12.1 Å². The molecule has 33 heavy (non-hydrogen) atoms. The summed E-state index contributed by atoms with van der Waals surface area (Å²) in [7, 11) is 1.63. The van der Waals surface area contributed by atoms with E-state index < -0.39 is 0 Å². The van der Waals surface area contributed by atoms with Crippen LogP contribution in [0.4, 0.5) is 4.39 Å². The number of benzene rings is 2. The van der Waals surface area contributed by atoms with Crippen LogP contribution in [0, 0.1) is 5.82 Å². The highest BCUT2D eigenvalue weighted by molar-refractivity contribution is 6.00. The number of methoxy groups -OCH3 is 1. The third-order valence-corrected chi connectivity index (χ3v) is 5.77. The maximum atomic E-state index is 13.4. The molecular weight excluding hydrogens is 417 g/mol. The molecular formula is C26H18FN5O. The van der Waals surface area contributed by atoms with E-state index in [0.29, 0.717) is 5.75 Å². The zero-order chi connectivity index (χ0) is 22.4. The van der Waals surface area contributed by atoms with Crippen molar-refractivity contribution in [2.24, 2.45) is 0 Å². The first-order valence-electron chi connectivity index (χ1n) is 10.4. The number of halogens is 1. The van der Waals surface area contributed by atoms with Crippen molar-refractivity contribution in [1.82, 2.24) is 25.1 Å². The van der Waals surface area contributed by atoms with E-state index in [9.17, 15) is 4.39 Å². The summed E-state index contributed by atoms with van der Waals surface area (Å²) in [5, 5.41) is 9.63. The predicted molar refractivity (Wildman–Crippen MR) is 126 cm³/mol. The lowest BCUT2D eigenvalue weighted by molar-refractivity contribution is 0.413. The average Bonchev–Trinajstić information content (AvgIpc) is 3.48. The van der Waals surface area contributed by atoms with E-state index in [-0.39, 0.29) is 5.82 Å². The minimum Gasteiger partial charge on any atom is -0.495 e. The molecule has 0 fully saturated rings. The highest BCUT2D eigenvalue weighted by Gasteiger charge is 2.15. The molecule has 6 rings (SSSR count). The van der Waals surface area contributed by atoms with Crippen molar-refractivity contribution < 1.29 is 9.13 Å². The molecule has 7 heteroatoms. The number of nitrogens with one attached hydrogen (secondary N) is 2. The fourth-order valence-electron chi connectivity index (χ4n) is 4.11. The first-order valence-corrected chi connectivity index (χ1v) is 10.4. The van der Waals surface area contributed by atoms with Gasteiger partial charge in [0, 0.05) is 39.8 Å². The number of fused-ring (bicyclic) bond motifs is 2. The van der Waals surface area contributed by atoms with Crippen LogP contribution in [0.25, 0.3) is 55.6 Å². The van der Waals surface area contributed by atoms with Crippen molar-refractivity contribution in [2.45, 2.75) is 0 Å². The lowest BCUT2D eigenvalue weighted by Gasteiger charge is -2.04. The quantitative estimate of drug-likeness (QED) is 0.357. The van der Waals surface area contributed by atoms with Crippen molar-refractivity contribution >= 4 is 21.8 Å². The van der Waals surface area contributed by atoms with Crippen molar-refractivity contribution in [2.75, 3.05) is 7.11 Å². The van der Waals surface area contributed by atoms with E-state index in [4.69, 9.17) is 4.74 Å². The van der Waals surface area contributed by atoms with Gasteiger partial charge >= 0.3 is 0 Å². The molecule has 0 aliphatic heterocycles. The van der Waals surface area contributed by atoms with Crippen LogP contribution in [-0.4, -0.2) is 32.3 Å². The molecule has 0 atom stereocenters. The Labute approximate surface area is 188 Å². The number of pyridine rings is 2. The van der Waals surface area contributed by atoms with Gasteiger partial charge in [0.25, 0.3) is 0 Å². The Morgan fingerprint density at radius 2 is 1.61 bits per heavy atom. The second-order valence-corrected chi connectivity index (χ2v) is 7.76. The average molecular weight is 435 g/mol. The summed E-state index contributed by atoms with van der Waals surface area (Å²) in [5.74, 6) is 0.433. The highest BCUT2D eigenvalue weighted by Crippen LogP contribution is 2.34. The molecule has 4 aromatic heterocycles. The van der Waals surface area contributed by atoms with Crippen LogP contribution in [0.3, 0.4) is 0 Å². The third-order valence-electron chi connectivity index (χ3n) is 5.77. The number of nitrogens with zero attached hydrogens (tertiary/aromatic N) is 3. The smallest absolute Gasteiger partial charge is 0.137 e. The van der Waals surface area contributed by atoms with Gasteiger partial charge in [-0.05, 0) is 60.2 Å². The molecule has 0 unspecified atom stereocenters. The van der Waals surface area contributed by atoms with Crippen molar-refractivity contribution in [3.8, 4) is 39.5 Å². The summed E-state index contributed by atoms with van der Waals surface area (Å²) in [6.07, 6.45) is 5.24. The van der Waals surface area contributed by atoms with Crippen LogP contribution in [0.1, 0.15) is 0 Å². The number of aromatic nitrogens is 5. The number of aromatic amines is 2. The summed E-state index contributed by atoms with van der Waals surface area (Å²) in [6.45, 7) is 0. The Morgan fingerprint density at radius 1 is 0.788 bits per heavy atom. The maximum Gasteiger partial charge on any atom is 0.137 e. The number of ether oxygens (including phenoxy) is 1. The van der Waals surface area contributed by atoms with Gasteiger partial charge in [0.05, 0.1) is 30.2 Å². The van der Waals surface area contributed by atoms with E-state index in [1.807, 2.05) is 36.5 Å². The van der Waals surface area contributed by atoms with Gasteiger partial charge in [-0.25, -0.2) is 4.39 Å². The standard InChI is InChI=1S/C26H18FN5O/c1-33-19-10-17(13-28-14-19)16-4-7-23-20(11-16)26(32-31-23)24-12-21-22(30-24)8-9-29-25(21)15-2-5-18(27)6-3-15/h2-14,30H,1H3,(H,31,32). The number of hydrogen-bond donors (Lipinski definition) is 2. The molecule has 0 saturated heterocycles. The van der Waals surface area contributed by atoms with Crippen molar-refractivity contribution in [3.63, 3.8) is 0 Å². The summed E-state index contributed by atoms with van der Waals surface area (Å²) >= 11 is 0. The van der Waals surface area contributed by atoms with Gasteiger partial charge < -0.3 is 9.72 Å². The molecule has 6 nitrogen and oxygen atoms in total. The molecule has 0 aliphatic carbocycles. The molecule has 2 N–H and O–H groups in total. The molecule has 0 aliphatic rings. The Morgan fingerprint density at radius 3 is 2.45 bits per heavy atom. The number of hydrogen-bond acceptors (Lipinski definition) is 4. The molecule has 160 valence electrons. The van der Waals surface area contributed by atoms with E-state index in [1.54, 1.807) is 31.6 Å². The normalized spacial score (nSPS) is 11.3. The van der Waals surface area contributed by atoms with Gasteiger partial charge in [-0.15, -0.1) is 0 Å². The summed E-state index contributed by atoms with van der Waals surface area (Å²) in [5.41, 5.74) is 7.16. The van der Waals surface area contributed by atoms with Gasteiger partial charge in [0.2, 0.25) is 0 Å². The lowest BCUT2D eigenvalue weighted by atomic mass is 10.0. The molecule has 0 spiro atoms. The van der Waals surface area contributed by atoms with Crippen molar-refractivity contribution in [1.29, 1.82) is 0 Å². The van der Waals surface area contributed by atoms with Gasteiger partial charge in [0.1, 0.15) is 17.3 Å². The van der Waals surface area contributed by atoms with Crippen LogP contribution in [0.5, 0.6) is 5.75 Å². The molecule has 2 aromatic carbocycles. The van der Waals surface area contributed by atoms with E-state index in [2.05, 4.69) is 31.2 Å². The van der Waals surface area contributed by atoms with Gasteiger partial charge in [-0.2, -0.15) is 5.10 Å². The SMILES string of the molecule is COc1cncc(-c2ccc3[nH]nc(-c4cc5c(-c6ccc(F)cc6)nccc5[nH]4)c3c2)c1. The first-order chi connectivity index (χ1) is 16.2. The van der Waals surface area contributed by atoms with Gasteiger partial charge in [0.15, 0.2) is 0 Å². The van der Waals surface area contributed by atoms with Crippen molar-refractivity contribution in [3.05, 3.63) is 85.1 Å². The molecule has 0 amide bonds. The Balaban J connectivity index is 1.48. The minimum atomic E-state index is -0.272. The highest BCUT2D eigenvalue weighted by atomic mass is 19.1. The van der Waals surface area contributed by atoms with E-state index in [0.717, 1.165) is 55.6 Å². The van der Waals surface area contributed by atoms with Crippen LogP contribution >= 0.6 is 0 Å². The Hall–Kier alpha value is -4.52. The summed E-state index contributed by atoms with van der Waals surface area (Å²) < 4.78 is 18.7. The largest absolute Gasteiger partial charge is 0.495 e. The maximum absolute atomic E-state index is 13.4. The molecule has 0 radical (unpaired) electrons. The minimum absolute atomic E-state index is 0.272. The van der Waals surface area contributed by atoms with Gasteiger partial charge in [-0.3, -0.25) is 15.1 Å². The lowest BCUT2D eigenvalue weighted by Crippen LogP contribution is -1.86. The first kappa shape index (κ1) is 19.2. The zero-order valence-corrected chi connectivity index (χ0v) is 17.6. The summed E-state index contributed by atoms with van der Waals surface area (Å²) in [4.78, 5) is 12.3. The third kappa shape index (κ3) is 3.30. The Kier molecular flexibility index (Phi) is 4.40. The van der Waals surface area contributed by atoms with Crippen LogP contribution in [-0.2, 0) is 0 Å². The Bertz CT molecular complexity index is 1620. The molecule has 0 saturated carbocycles. The number of rotatable bonds is 4. The molecule has 6 aromatic rings. The van der Waals surface area contributed by atoms with Crippen LogP contribution < -0.4 is 4.74 Å². The fraction of sp³-hybridized carbons (Fsp3) is 0.0385. The molecule has 0 bridgehead atoms. The van der Waals surface area contributed by atoms with Crippen LogP contribution in [0.2, 0.25) is 0 Å². The van der Waals surface area contributed by atoms with E-state index >= 15 is 0 Å². The second kappa shape index (κ2) is 7.56. The fourth-order valence-corrected chi connectivity index (χ4v) is 4.11. The zero-order valence-electron chi connectivity index (χ0n) is 17.6.